The van der Waals surface area contributed by atoms with Gasteiger partial charge >= 0.3 is 6.36 Å². The quantitative estimate of drug-likeness (QED) is 0.612. The Morgan fingerprint density at radius 1 is 1.06 bits per heavy atom. The molecule has 2 N–H and O–H groups in total. The van der Waals surface area contributed by atoms with Crippen LogP contribution >= 0.6 is 0 Å². The van der Waals surface area contributed by atoms with E-state index in [9.17, 15) is 13.2 Å². The summed E-state index contributed by atoms with van der Waals surface area (Å²) in [5.74, 6) is 1.66. The molecule has 0 aromatic heterocycles. The van der Waals surface area contributed by atoms with Crippen LogP contribution in [0, 0.1) is 0 Å². The molecule has 0 saturated carbocycles. The highest BCUT2D eigenvalue weighted by molar-refractivity contribution is 5.95. The predicted molar refractivity (Wildman–Crippen MR) is 122 cm³/mol. The second-order valence-corrected chi connectivity index (χ2v) is 7.99. The van der Waals surface area contributed by atoms with E-state index in [1.54, 1.807) is 26.4 Å². The van der Waals surface area contributed by atoms with E-state index in [1.165, 1.54) is 12.1 Å². The number of ether oxygens (including phenoxy) is 3. The van der Waals surface area contributed by atoms with Crippen LogP contribution in [0.3, 0.4) is 0 Å². The topological polar surface area (TPSA) is 67.4 Å². The third kappa shape index (κ3) is 4.87. The molecule has 34 heavy (non-hydrogen) atoms. The number of nitrogens with zero attached hydrogens (tertiary/aromatic N) is 2. The van der Waals surface area contributed by atoms with Gasteiger partial charge in [0, 0.05) is 24.0 Å². The minimum Gasteiger partial charge on any atom is -0.493 e. The fourth-order valence-corrected chi connectivity index (χ4v) is 3.92. The Morgan fingerprint density at radius 3 is 2.41 bits per heavy atom. The molecule has 2 aromatic rings. The van der Waals surface area contributed by atoms with Crippen LogP contribution in [-0.2, 0) is 6.54 Å². The minimum atomic E-state index is -4.72. The van der Waals surface area contributed by atoms with Gasteiger partial charge in [-0.25, -0.2) is 10.4 Å². The molecule has 0 saturated heterocycles. The van der Waals surface area contributed by atoms with Gasteiger partial charge < -0.3 is 14.2 Å². The van der Waals surface area contributed by atoms with Crippen molar-refractivity contribution in [1.82, 2.24) is 15.8 Å². The summed E-state index contributed by atoms with van der Waals surface area (Å²) in [6.45, 7) is 4.27. The molecule has 0 radical (unpaired) electrons. The number of rotatable bonds is 7. The second-order valence-electron chi connectivity index (χ2n) is 7.99. The molecule has 0 aliphatic carbocycles. The summed E-state index contributed by atoms with van der Waals surface area (Å²) in [5.41, 5.74) is 6.07. The number of hydrogen-bond donors (Lipinski definition) is 2. The number of hydrazine groups is 1. The largest absolute Gasteiger partial charge is 0.573 e. The standard InChI is InChI=1S/C24H25F3N4O3/c1-15-11-12-31-22(29-15)21(17-7-10-19(32-3)20(13-17)33-4)23(2,30-31)28-14-16-5-8-18(9-6-16)34-24(25,26)27/h5-13,28,30H,14H2,1-4H3. The molecule has 2 heterocycles. The van der Waals surface area contributed by atoms with Crippen LogP contribution in [0.5, 0.6) is 17.2 Å². The zero-order chi connectivity index (χ0) is 24.5. The molecule has 10 heteroatoms. The third-order valence-electron chi connectivity index (χ3n) is 5.52. The molecule has 0 amide bonds. The Bertz CT molecular complexity index is 1160. The highest BCUT2D eigenvalue weighted by atomic mass is 19.4. The first-order chi connectivity index (χ1) is 16.1. The summed E-state index contributed by atoms with van der Waals surface area (Å²) in [7, 11) is 3.16. The predicted octanol–water partition coefficient (Wildman–Crippen LogP) is 4.59. The fourth-order valence-electron chi connectivity index (χ4n) is 3.92. The van der Waals surface area contributed by atoms with Crippen molar-refractivity contribution in [2.75, 3.05) is 14.2 Å². The summed E-state index contributed by atoms with van der Waals surface area (Å²) in [4.78, 5) is 4.73. The average molecular weight is 474 g/mol. The molecule has 2 aliphatic rings. The van der Waals surface area contributed by atoms with Gasteiger partial charge in [0.1, 0.15) is 11.4 Å². The first-order valence-electron chi connectivity index (χ1n) is 10.5. The Kier molecular flexibility index (Phi) is 6.28. The summed E-state index contributed by atoms with van der Waals surface area (Å²) in [6.07, 6.45) is -0.930. The van der Waals surface area contributed by atoms with Gasteiger partial charge in [0.15, 0.2) is 17.3 Å². The molecular formula is C24H25F3N4O3. The van der Waals surface area contributed by atoms with E-state index in [0.29, 0.717) is 18.0 Å². The monoisotopic (exact) mass is 474 g/mol. The zero-order valence-corrected chi connectivity index (χ0v) is 19.2. The minimum absolute atomic E-state index is 0.262. The maximum Gasteiger partial charge on any atom is 0.573 e. The average Bonchev–Trinajstić information content (AvgIpc) is 3.08. The highest BCUT2D eigenvalue weighted by Crippen LogP contribution is 2.41. The van der Waals surface area contributed by atoms with Crippen LogP contribution in [0.15, 0.2) is 65.6 Å². The third-order valence-corrected chi connectivity index (χ3v) is 5.52. The van der Waals surface area contributed by atoms with Gasteiger partial charge in [-0.2, -0.15) is 0 Å². The number of fused-ring (bicyclic) bond motifs is 1. The summed E-state index contributed by atoms with van der Waals surface area (Å²) >= 11 is 0. The van der Waals surface area contributed by atoms with E-state index in [-0.39, 0.29) is 5.75 Å². The van der Waals surface area contributed by atoms with Crippen LogP contribution in [0.1, 0.15) is 25.0 Å². The Labute approximate surface area is 195 Å². The second kappa shape index (κ2) is 9.03. The Hall–Kier alpha value is -3.50. The summed E-state index contributed by atoms with van der Waals surface area (Å²) < 4.78 is 52.1. The number of allylic oxidation sites excluding steroid dienone is 1. The van der Waals surface area contributed by atoms with Gasteiger partial charge in [0.25, 0.3) is 0 Å². The van der Waals surface area contributed by atoms with E-state index in [0.717, 1.165) is 28.2 Å². The smallest absolute Gasteiger partial charge is 0.493 e. The van der Waals surface area contributed by atoms with E-state index in [2.05, 4.69) is 15.5 Å². The first-order valence-corrected chi connectivity index (χ1v) is 10.5. The molecule has 0 spiro atoms. The molecule has 4 rings (SSSR count). The van der Waals surface area contributed by atoms with Crippen molar-refractivity contribution in [3.05, 3.63) is 71.7 Å². The van der Waals surface area contributed by atoms with Crippen LogP contribution in [-0.4, -0.2) is 37.0 Å². The Balaban J connectivity index is 1.64. The molecular weight excluding hydrogens is 449 g/mol. The lowest BCUT2D eigenvalue weighted by molar-refractivity contribution is -0.274. The van der Waals surface area contributed by atoms with E-state index >= 15 is 0 Å². The number of hydrogen-bond acceptors (Lipinski definition) is 7. The highest BCUT2D eigenvalue weighted by Gasteiger charge is 2.42. The van der Waals surface area contributed by atoms with Crippen molar-refractivity contribution < 1.29 is 27.4 Å². The zero-order valence-electron chi connectivity index (χ0n) is 19.2. The van der Waals surface area contributed by atoms with Crippen LogP contribution in [0.4, 0.5) is 13.2 Å². The number of methoxy groups -OCH3 is 2. The maximum absolute atomic E-state index is 12.4. The van der Waals surface area contributed by atoms with Crippen LogP contribution < -0.4 is 25.0 Å². The van der Waals surface area contributed by atoms with Crippen molar-refractivity contribution in [2.24, 2.45) is 4.99 Å². The van der Waals surface area contributed by atoms with Crippen LogP contribution in [0.2, 0.25) is 0 Å². The van der Waals surface area contributed by atoms with Gasteiger partial charge in [-0.3, -0.25) is 10.3 Å². The summed E-state index contributed by atoms with van der Waals surface area (Å²) in [5, 5.41) is 5.32. The lowest BCUT2D eigenvalue weighted by Gasteiger charge is -2.31. The Morgan fingerprint density at radius 2 is 1.76 bits per heavy atom. The first kappa shape index (κ1) is 23.7. The van der Waals surface area contributed by atoms with Gasteiger partial charge in [-0.15, -0.1) is 13.2 Å². The molecule has 1 atom stereocenters. The number of halogens is 3. The van der Waals surface area contributed by atoms with Gasteiger partial charge in [-0.05, 0) is 55.3 Å². The lowest BCUT2D eigenvalue weighted by atomic mass is 9.94. The van der Waals surface area contributed by atoms with E-state index in [1.807, 2.05) is 49.3 Å². The fraction of sp³-hybridized carbons (Fsp3) is 0.292. The molecule has 180 valence electrons. The van der Waals surface area contributed by atoms with Crippen molar-refractivity contribution in [3.8, 4) is 17.2 Å². The maximum atomic E-state index is 12.4. The SMILES string of the molecule is COc1ccc(C2=C3N=C(C)C=CN3NC2(C)NCc2ccc(OC(F)(F)F)cc2)cc1OC. The molecule has 7 nitrogen and oxygen atoms in total. The van der Waals surface area contributed by atoms with E-state index < -0.39 is 12.0 Å². The van der Waals surface area contributed by atoms with Gasteiger partial charge in [0.05, 0.1) is 14.2 Å². The molecule has 1 unspecified atom stereocenters. The van der Waals surface area contributed by atoms with Crippen LogP contribution in [0.25, 0.3) is 5.57 Å². The van der Waals surface area contributed by atoms with Gasteiger partial charge in [0.2, 0.25) is 0 Å². The van der Waals surface area contributed by atoms with Crippen molar-refractivity contribution in [2.45, 2.75) is 32.4 Å². The van der Waals surface area contributed by atoms with Gasteiger partial charge in [-0.1, -0.05) is 18.2 Å². The lowest BCUT2D eigenvalue weighted by Crippen LogP contribution is -2.54. The summed E-state index contributed by atoms with van der Waals surface area (Å²) in [6, 6.07) is 11.4. The molecule has 0 bridgehead atoms. The molecule has 0 fully saturated rings. The van der Waals surface area contributed by atoms with Crippen molar-refractivity contribution in [3.63, 3.8) is 0 Å². The molecule has 2 aromatic carbocycles. The van der Waals surface area contributed by atoms with E-state index in [4.69, 9.17) is 14.5 Å². The number of aliphatic imine (C=N–C) groups is 1. The van der Waals surface area contributed by atoms with Crippen molar-refractivity contribution in [1.29, 1.82) is 0 Å². The normalized spacial score (nSPS) is 19.7. The number of alkyl halides is 3. The number of nitrogens with one attached hydrogen (secondary N) is 2. The molecule has 2 aliphatic heterocycles. The number of benzene rings is 2. The van der Waals surface area contributed by atoms with Crippen molar-refractivity contribution >= 4 is 11.3 Å².